The highest BCUT2D eigenvalue weighted by Crippen LogP contribution is 2.76. The van der Waals surface area contributed by atoms with E-state index < -0.39 is 193 Å². The fraction of sp³-hybridized carbons (Fsp3) is 0.842. The molecule has 0 amide bonds. The van der Waals surface area contributed by atoms with Crippen LogP contribution < -0.4 is 0 Å². The van der Waals surface area contributed by atoms with Gasteiger partial charge in [-0.25, -0.2) is 14.4 Å². The predicted molar refractivity (Wildman–Crippen MR) is 277 cm³/mol. The predicted octanol–water partition coefficient (Wildman–Crippen LogP) is 0.264. The minimum Gasteiger partial charge on any atom is -0.479 e. The molecule has 3 aliphatic heterocycles. The van der Waals surface area contributed by atoms with Crippen molar-refractivity contribution >= 4 is 17.9 Å². The molecular weight excluding hydrogens is 1050 g/mol. The molecule has 23 nitrogen and oxygen atoms in total. The minimum atomic E-state index is -2.15. The van der Waals surface area contributed by atoms with E-state index in [2.05, 4.69) is 26.8 Å². The molecule has 8 unspecified atom stereocenters. The van der Waals surface area contributed by atoms with Gasteiger partial charge in [0.25, 0.3) is 0 Å². The zero-order chi connectivity index (χ0) is 59.1. The van der Waals surface area contributed by atoms with E-state index in [0.29, 0.717) is 43.3 Å². The van der Waals surface area contributed by atoms with Crippen LogP contribution in [0.3, 0.4) is 0 Å². The Morgan fingerprint density at radius 2 is 1.19 bits per heavy atom. The Morgan fingerprint density at radius 1 is 0.637 bits per heavy atom. The first-order valence-electron chi connectivity index (χ1n) is 28.2. The Hall–Kier alpha value is -3.05. The Morgan fingerprint density at radius 3 is 1.73 bits per heavy atom. The van der Waals surface area contributed by atoms with Crippen molar-refractivity contribution < 1.29 is 114 Å². The first kappa shape index (κ1) is 63.0. The highest BCUT2D eigenvalue weighted by Gasteiger charge is 2.74. The zero-order valence-corrected chi connectivity index (χ0v) is 47.5. The van der Waals surface area contributed by atoms with Gasteiger partial charge in [-0.3, -0.25) is 0 Å². The zero-order valence-electron chi connectivity index (χ0n) is 47.5. The molecule has 23 heteroatoms. The van der Waals surface area contributed by atoms with Gasteiger partial charge >= 0.3 is 17.9 Å². The molecule has 0 bridgehead atoms. The van der Waals surface area contributed by atoms with Gasteiger partial charge in [-0.2, -0.15) is 0 Å². The standard InChI is InChI=1S/C57H88O23/c1-11-25(3)47(71)79-44-45(80-48(72)26(4)12-2)57(24-61)28(19-52(44,5)6)27-13-14-32-53(7)17-16-34(54(8,23-60)31(53)15-18-55(32,9)56(27,10)20-33(57)62)75-51-43(78-50-39(67)37(65)35(63)29(21-58)73-50)41(40(68)42(77-51)46(69)70)76-49-38(66)36(64)30(22-59)74-49/h11-13,28-45,49-51,58-68H,14-24H2,1-10H3,(H,69,70)/b25-11-,26-12-/t28?,29?,30-,31?,32?,33+,34-,35+,36?,37?,38-,39-,40-,41?,42?,43-,44-,45-,49-,50-,51+,53-,54+,55+,56+,57-/m0/s1. The van der Waals surface area contributed by atoms with Crippen LogP contribution in [0.4, 0.5) is 0 Å². The molecule has 8 rings (SSSR count). The average molecular weight is 1140 g/mol. The summed E-state index contributed by atoms with van der Waals surface area (Å²) in [4.78, 5) is 40.3. The number of rotatable bonds is 15. The number of fused-ring (bicyclic) bond motifs is 7. The van der Waals surface area contributed by atoms with Crippen molar-refractivity contribution in [3.63, 3.8) is 0 Å². The Kier molecular flexibility index (Phi) is 18.2. The van der Waals surface area contributed by atoms with Gasteiger partial charge in [0.2, 0.25) is 0 Å². The van der Waals surface area contributed by atoms with Gasteiger partial charge < -0.3 is 99.2 Å². The summed E-state index contributed by atoms with van der Waals surface area (Å²) in [5, 5.41) is 133. The number of hydrogen-bond acceptors (Lipinski definition) is 22. The molecule has 8 aliphatic rings. The lowest BCUT2D eigenvalue weighted by atomic mass is 9.33. The molecule has 80 heavy (non-hydrogen) atoms. The molecule has 0 aromatic rings. The Labute approximate surface area is 466 Å². The highest BCUT2D eigenvalue weighted by atomic mass is 16.8. The molecule has 12 N–H and O–H groups in total. The van der Waals surface area contributed by atoms with Gasteiger partial charge in [-0.1, -0.05) is 65.3 Å². The van der Waals surface area contributed by atoms with E-state index in [1.165, 1.54) is 0 Å². The fourth-order valence-electron chi connectivity index (χ4n) is 16.2. The first-order chi connectivity index (χ1) is 37.5. The van der Waals surface area contributed by atoms with Crippen molar-refractivity contribution in [1.82, 2.24) is 0 Å². The number of carboxylic acids is 1. The lowest BCUT2D eigenvalue weighted by Gasteiger charge is -2.72. The van der Waals surface area contributed by atoms with Crippen LogP contribution >= 0.6 is 0 Å². The number of aliphatic hydroxyl groups is 11. The third-order valence-electron chi connectivity index (χ3n) is 21.4. The van der Waals surface area contributed by atoms with Crippen molar-refractivity contribution in [2.24, 2.45) is 50.2 Å². The molecule has 26 atom stereocenters. The minimum absolute atomic E-state index is 0.0864. The van der Waals surface area contributed by atoms with Gasteiger partial charge in [0.1, 0.15) is 67.1 Å². The van der Waals surface area contributed by atoms with E-state index in [0.717, 1.165) is 5.57 Å². The quantitative estimate of drug-likeness (QED) is 0.0453. The molecule has 3 saturated heterocycles. The fourth-order valence-corrected chi connectivity index (χ4v) is 16.2. The summed E-state index contributed by atoms with van der Waals surface area (Å²) in [6.45, 7) is 16.4. The number of aliphatic carboxylic acids is 1. The van der Waals surface area contributed by atoms with E-state index >= 15 is 0 Å². The largest absolute Gasteiger partial charge is 0.479 e. The maximum Gasteiger partial charge on any atom is 0.335 e. The molecule has 7 fully saturated rings. The number of aliphatic hydroxyl groups excluding tert-OH is 11. The summed E-state index contributed by atoms with van der Waals surface area (Å²) in [7, 11) is 0. The van der Waals surface area contributed by atoms with E-state index in [-0.39, 0.29) is 24.7 Å². The third-order valence-corrected chi connectivity index (χ3v) is 21.4. The van der Waals surface area contributed by atoms with E-state index in [4.69, 9.17) is 37.9 Å². The van der Waals surface area contributed by atoms with Crippen molar-refractivity contribution in [1.29, 1.82) is 0 Å². The van der Waals surface area contributed by atoms with Crippen LogP contribution in [0.1, 0.15) is 114 Å². The van der Waals surface area contributed by atoms with Gasteiger partial charge in [0.15, 0.2) is 31.1 Å². The van der Waals surface area contributed by atoms with Crippen LogP contribution in [0.15, 0.2) is 34.9 Å². The number of ether oxygens (including phenoxy) is 8. The van der Waals surface area contributed by atoms with Crippen molar-refractivity contribution in [2.75, 3.05) is 26.4 Å². The van der Waals surface area contributed by atoms with E-state index in [1.54, 1.807) is 39.8 Å². The lowest BCUT2D eigenvalue weighted by Crippen LogP contribution is -2.72. The number of hydrogen-bond donors (Lipinski definition) is 12. The molecule has 3 heterocycles. The van der Waals surface area contributed by atoms with Crippen LogP contribution in [0.2, 0.25) is 0 Å². The normalized spacial score (nSPS) is 49.3. The van der Waals surface area contributed by atoms with Gasteiger partial charge in [0, 0.05) is 22.0 Å². The number of carbonyl (C=O) groups is 3. The molecule has 4 saturated carbocycles. The summed E-state index contributed by atoms with van der Waals surface area (Å²) in [6.07, 6.45) is -21.9. The van der Waals surface area contributed by atoms with Crippen LogP contribution in [-0.2, 0) is 52.3 Å². The number of carbonyl (C=O) groups excluding carboxylic acids is 2. The van der Waals surface area contributed by atoms with Crippen molar-refractivity contribution in [2.45, 2.75) is 225 Å². The molecule has 0 spiro atoms. The summed E-state index contributed by atoms with van der Waals surface area (Å²) >= 11 is 0. The molecule has 0 aromatic heterocycles. The number of carboxylic acid groups (broad SMARTS) is 1. The van der Waals surface area contributed by atoms with E-state index in [1.807, 2.05) is 20.8 Å². The maximum atomic E-state index is 13.8. The summed E-state index contributed by atoms with van der Waals surface area (Å²) in [5.41, 5.74) is -3.55. The van der Waals surface area contributed by atoms with Crippen LogP contribution in [0.5, 0.6) is 0 Å². The molecule has 5 aliphatic carbocycles. The molecule has 454 valence electrons. The van der Waals surface area contributed by atoms with Gasteiger partial charge in [-0.15, -0.1) is 0 Å². The lowest BCUT2D eigenvalue weighted by molar-refractivity contribution is -0.387. The summed E-state index contributed by atoms with van der Waals surface area (Å²) < 4.78 is 49.0. The summed E-state index contributed by atoms with van der Waals surface area (Å²) in [5.74, 6) is -3.87. The van der Waals surface area contributed by atoms with Crippen molar-refractivity contribution in [3.8, 4) is 0 Å². The van der Waals surface area contributed by atoms with Gasteiger partial charge in [0.05, 0.1) is 44.1 Å². The SMILES string of the molecule is C/C=C(/C)C(=O)O[C@H]1[C@H](OC(=O)/C(C)=C\C)[C@@]2(CO)C(CC1(C)C)C1=CCC3[C@@]4(C)CC[C@H](O[C@@H]5OC(C(=O)O)[C@@H](O)C(O[C@@H]6O[C@@H](CO)C(O)[C@@H]6O)[C@@H]5O[C@@H]5OC(CO)[C@@H](O)C(O)[C@@H]5O)[C@](C)(CO)C4CC[C@@]3(C)[C@]1(C)C[C@H]2O. The van der Waals surface area contributed by atoms with Crippen molar-refractivity contribution in [3.05, 3.63) is 34.9 Å². The van der Waals surface area contributed by atoms with E-state index in [9.17, 15) is 75.7 Å². The van der Waals surface area contributed by atoms with Crippen LogP contribution in [0, 0.1) is 50.2 Å². The first-order valence-corrected chi connectivity index (χ1v) is 28.2. The number of allylic oxidation sites excluding steroid dienone is 4. The second kappa shape index (κ2) is 23.1. The molecule has 0 aromatic carbocycles. The second-order valence-corrected chi connectivity index (χ2v) is 25.8. The third kappa shape index (κ3) is 9.95. The van der Waals surface area contributed by atoms with Gasteiger partial charge in [-0.05, 0) is 107 Å². The Balaban J connectivity index is 1.14. The maximum absolute atomic E-state index is 13.8. The van der Waals surface area contributed by atoms with Crippen LogP contribution in [0.25, 0.3) is 0 Å². The van der Waals surface area contributed by atoms with Crippen LogP contribution in [-0.4, -0.2) is 216 Å². The average Bonchev–Trinajstić information content (AvgIpc) is 3.85. The topological polar surface area (TPSA) is 368 Å². The summed E-state index contributed by atoms with van der Waals surface area (Å²) in [6, 6.07) is 0. The Bertz CT molecular complexity index is 2380. The smallest absolute Gasteiger partial charge is 0.335 e. The monoisotopic (exact) mass is 1140 g/mol. The molecular formula is C57H88O23. The number of esters is 2. The molecule has 0 radical (unpaired) electrons. The second-order valence-electron chi connectivity index (χ2n) is 25.8. The highest BCUT2D eigenvalue weighted by molar-refractivity contribution is 5.89.